The van der Waals surface area contributed by atoms with Gasteiger partial charge in [0.15, 0.2) is 0 Å². The Morgan fingerprint density at radius 1 is 1.28 bits per heavy atom. The van der Waals surface area contributed by atoms with E-state index in [9.17, 15) is 0 Å². The predicted molar refractivity (Wildman–Crippen MR) is 75.5 cm³/mol. The van der Waals surface area contributed by atoms with Crippen LogP contribution in [0.2, 0.25) is 0 Å². The fourth-order valence-electron chi connectivity index (χ4n) is 3.06. The molecular formula is C16H22N2. The van der Waals surface area contributed by atoms with Crippen molar-refractivity contribution in [3.63, 3.8) is 0 Å². The largest absolute Gasteiger partial charge is 0.307 e. The van der Waals surface area contributed by atoms with Crippen LogP contribution in [-0.2, 0) is 0 Å². The quantitative estimate of drug-likeness (QED) is 0.816. The van der Waals surface area contributed by atoms with Gasteiger partial charge in [0.1, 0.15) is 0 Å². The molecule has 1 aromatic carbocycles. The van der Waals surface area contributed by atoms with Crippen molar-refractivity contribution in [1.29, 1.82) is 0 Å². The highest BCUT2D eigenvalue weighted by Gasteiger charge is 2.38. The van der Waals surface area contributed by atoms with Gasteiger partial charge in [0.2, 0.25) is 0 Å². The molecule has 1 aliphatic carbocycles. The summed E-state index contributed by atoms with van der Waals surface area (Å²) in [6.45, 7) is 7.16. The number of benzene rings is 1. The minimum absolute atomic E-state index is 0.473. The molecule has 2 fully saturated rings. The molecule has 0 amide bonds. The molecule has 0 bridgehead atoms. The van der Waals surface area contributed by atoms with Gasteiger partial charge < -0.3 is 5.32 Å². The molecule has 1 saturated carbocycles. The Kier molecular flexibility index (Phi) is 3.48. The number of hydrogen-bond donors (Lipinski definition) is 1. The normalized spacial score (nSPS) is 29.1. The van der Waals surface area contributed by atoms with E-state index in [0.717, 1.165) is 31.6 Å². The van der Waals surface area contributed by atoms with E-state index in [2.05, 4.69) is 47.1 Å². The van der Waals surface area contributed by atoms with Gasteiger partial charge in [0.25, 0.3) is 0 Å². The van der Waals surface area contributed by atoms with Crippen molar-refractivity contribution in [2.24, 2.45) is 5.92 Å². The molecule has 1 aromatic rings. The zero-order valence-corrected chi connectivity index (χ0v) is 10.9. The third kappa shape index (κ3) is 2.50. The lowest BCUT2D eigenvalue weighted by atomic mass is 9.99. The van der Waals surface area contributed by atoms with E-state index in [0.29, 0.717) is 6.04 Å². The smallest absolute Gasteiger partial charge is 0.0450 e. The maximum Gasteiger partial charge on any atom is 0.0450 e. The van der Waals surface area contributed by atoms with Crippen LogP contribution in [0.1, 0.15) is 24.4 Å². The molecule has 1 saturated heterocycles. The van der Waals surface area contributed by atoms with Crippen molar-refractivity contribution in [3.8, 4) is 0 Å². The van der Waals surface area contributed by atoms with Crippen LogP contribution in [-0.4, -0.2) is 30.6 Å². The Morgan fingerprint density at radius 2 is 2.06 bits per heavy atom. The molecule has 2 nitrogen and oxygen atoms in total. The summed E-state index contributed by atoms with van der Waals surface area (Å²) in [6, 6.07) is 12.0. The Hall–Kier alpha value is -1.12. The van der Waals surface area contributed by atoms with E-state index in [1.165, 1.54) is 18.4 Å². The van der Waals surface area contributed by atoms with Gasteiger partial charge in [-0.3, -0.25) is 4.90 Å². The maximum absolute atomic E-state index is 3.90. The van der Waals surface area contributed by atoms with Gasteiger partial charge in [0.05, 0.1) is 0 Å². The molecule has 18 heavy (non-hydrogen) atoms. The van der Waals surface area contributed by atoms with E-state index in [1.54, 1.807) is 0 Å². The first-order chi connectivity index (χ1) is 8.88. The zero-order chi connectivity index (χ0) is 12.4. The predicted octanol–water partition coefficient (Wildman–Crippen LogP) is 2.60. The number of hydrogen-bond acceptors (Lipinski definition) is 2. The molecule has 1 aliphatic heterocycles. The molecule has 96 valence electrons. The third-order valence-electron chi connectivity index (χ3n) is 4.19. The molecule has 1 N–H and O–H groups in total. The van der Waals surface area contributed by atoms with Crippen molar-refractivity contribution < 1.29 is 0 Å². The Balaban J connectivity index is 1.71. The van der Waals surface area contributed by atoms with Crippen molar-refractivity contribution >= 4 is 0 Å². The Labute approximate surface area is 110 Å². The second kappa shape index (κ2) is 5.25. The summed E-state index contributed by atoms with van der Waals surface area (Å²) in [6.07, 6.45) is 4.87. The lowest BCUT2D eigenvalue weighted by Crippen LogP contribution is -2.53. The first kappa shape index (κ1) is 11.9. The first-order valence-corrected chi connectivity index (χ1v) is 7.02. The molecule has 0 spiro atoms. The Bertz CT molecular complexity index is 397. The SMILES string of the molecule is C=CCN1CC(c2ccccc2)NCC1C1CC1. The van der Waals surface area contributed by atoms with Gasteiger partial charge in [-0.2, -0.15) is 0 Å². The fraction of sp³-hybridized carbons (Fsp3) is 0.500. The van der Waals surface area contributed by atoms with Crippen LogP contribution in [0.15, 0.2) is 43.0 Å². The van der Waals surface area contributed by atoms with Gasteiger partial charge in [-0.05, 0) is 24.3 Å². The topological polar surface area (TPSA) is 15.3 Å². The van der Waals surface area contributed by atoms with Crippen molar-refractivity contribution in [2.45, 2.75) is 24.9 Å². The zero-order valence-electron chi connectivity index (χ0n) is 10.9. The molecule has 0 aromatic heterocycles. The van der Waals surface area contributed by atoms with Gasteiger partial charge in [-0.1, -0.05) is 36.4 Å². The minimum atomic E-state index is 0.473. The van der Waals surface area contributed by atoms with Crippen LogP contribution in [0.3, 0.4) is 0 Å². The van der Waals surface area contributed by atoms with Crippen molar-refractivity contribution in [3.05, 3.63) is 48.6 Å². The molecule has 2 aliphatic rings. The van der Waals surface area contributed by atoms with Crippen molar-refractivity contribution in [1.82, 2.24) is 10.2 Å². The van der Waals surface area contributed by atoms with E-state index in [1.807, 2.05) is 6.08 Å². The van der Waals surface area contributed by atoms with E-state index >= 15 is 0 Å². The third-order valence-corrected chi connectivity index (χ3v) is 4.19. The van der Waals surface area contributed by atoms with Crippen LogP contribution < -0.4 is 5.32 Å². The number of nitrogens with zero attached hydrogens (tertiary/aromatic N) is 1. The highest BCUT2D eigenvalue weighted by atomic mass is 15.2. The van der Waals surface area contributed by atoms with Crippen molar-refractivity contribution in [2.75, 3.05) is 19.6 Å². The maximum atomic E-state index is 3.90. The van der Waals surface area contributed by atoms with E-state index < -0.39 is 0 Å². The molecular weight excluding hydrogens is 220 g/mol. The summed E-state index contributed by atoms with van der Waals surface area (Å²) in [5.41, 5.74) is 1.40. The van der Waals surface area contributed by atoms with Crippen LogP contribution >= 0.6 is 0 Å². The fourth-order valence-corrected chi connectivity index (χ4v) is 3.06. The summed E-state index contributed by atoms with van der Waals surface area (Å²) in [7, 11) is 0. The van der Waals surface area contributed by atoms with Gasteiger partial charge in [-0.25, -0.2) is 0 Å². The lowest BCUT2D eigenvalue weighted by Gasteiger charge is -2.40. The van der Waals surface area contributed by atoms with Gasteiger partial charge in [-0.15, -0.1) is 6.58 Å². The standard InChI is InChI=1S/C16H22N2/c1-2-10-18-12-15(13-6-4-3-5-7-13)17-11-16(18)14-8-9-14/h2-7,14-17H,1,8-12H2. The molecule has 1 heterocycles. The molecule has 0 radical (unpaired) electrons. The molecule has 2 atom stereocenters. The summed E-state index contributed by atoms with van der Waals surface area (Å²) >= 11 is 0. The average Bonchev–Trinajstić information content (AvgIpc) is 3.24. The van der Waals surface area contributed by atoms with Crippen LogP contribution in [0.5, 0.6) is 0 Å². The second-order valence-electron chi connectivity index (χ2n) is 5.52. The summed E-state index contributed by atoms with van der Waals surface area (Å²) in [4.78, 5) is 2.61. The Morgan fingerprint density at radius 3 is 2.72 bits per heavy atom. The van der Waals surface area contributed by atoms with E-state index in [-0.39, 0.29) is 0 Å². The van der Waals surface area contributed by atoms with Crippen LogP contribution in [0.25, 0.3) is 0 Å². The number of piperazine rings is 1. The summed E-state index contributed by atoms with van der Waals surface area (Å²) in [5.74, 6) is 0.925. The highest BCUT2D eigenvalue weighted by Crippen LogP contribution is 2.37. The lowest BCUT2D eigenvalue weighted by molar-refractivity contribution is 0.129. The molecule has 3 rings (SSSR count). The van der Waals surface area contributed by atoms with E-state index in [4.69, 9.17) is 0 Å². The number of nitrogens with one attached hydrogen (secondary N) is 1. The summed E-state index contributed by atoms with van der Waals surface area (Å²) < 4.78 is 0. The molecule has 2 heteroatoms. The van der Waals surface area contributed by atoms with Crippen LogP contribution in [0.4, 0.5) is 0 Å². The van der Waals surface area contributed by atoms with Gasteiger partial charge >= 0.3 is 0 Å². The molecule has 2 unspecified atom stereocenters. The van der Waals surface area contributed by atoms with Crippen LogP contribution in [0, 0.1) is 5.92 Å². The monoisotopic (exact) mass is 242 g/mol. The second-order valence-corrected chi connectivity index (χ2v) is 5.52. The first-order valence-electron chi connectivity index (χ1n) is 7.02. The summed E-state index contributed by atoms with van der Waals surface area (Å²) in [5, 5.41) is 3.72. The average molecular weight is 242 g/mol. The highest BCUT2D eigenvalue weighted by molar-refractivity contribution is 5.20. The van der Waals surface area contributed by atoms with Gasteiger partial charge in [0, 0.05) is 31.7 Å². The number of rotatable bonds is 4. The minimum Gasteiger partial charge on any atom is -0.307 e.